The molecule has 0 aliphatic rings. The monoisotopic (exact) mass is 316 g/mol. The quantitative estimate of drug-likeness (QED) is 0.724. The molecule has 0 bridgehead atoms. The highest BCUT2D eigenvalue weighted by Crippen LogP contribution is 2.23. The number of aromatic nitrogens is 3. The van der Waals surface area contributed by atoms with Gasteiger partial charge in [-0.2, -0.15) is 0 Å². The largest absolute Gasteiger partial charge is 0.288 e. The van der Waals surface area contributed by atoms with E-state index in [1.807, 2.05) is 25.1 Å². The fraction of sp³-hybridized carbons (Fsp3) is 0.200. The van der Waals surface area contributed by atoms with Gasteiger partial charge in [-0.1, -0.05) is 25.1 Å². The van der Waals surface area contributed by atoms with E-state index >= 15 is 0 Å². The van der Waals surface area contributed by atoms with Crippen molar-refractivity contribution in [3.05, 3.63) is 55.0 Å². The van der Waals surface area contributed by atoms with Crippen LogP contribution < -0.4 is 4.31 Å². The summed E-state index contributed by atoms with van der Waals surface area (Å²) < 4.78 is 28.9. The maximum absolute atomic E-state index is 13.0. The molecule has 0 amide bonds. The van der Waals surface area contributed by atoms with Crippen molar-refractivity contribution in [3.63, 3.8) is 0 Å². The molecule has 0 saturated carbocycles. The van der Waals surface area contributed by atoms with Crippen LogP contribution >= 0.6 is 0 Å². The predicted octanol–water partition coefficient (Wildman–Crippen LogP) is 2.33. The molecule has 0 radical (unpaired) electrons. The highest BCUT2D eigenvalue weighted by molar-refractivity contribution is 7.92. The number of hydrogen-bond donors (Lipinski definition) is 0. The summed E-state index contributed by atoms with van der Waals surface area (Å²) in [5.74, 6) is 0. The van der Waals surface area contributed by atoms with Crippen LogP contribution in [0.5, 0.6) is 0 Å². The third-order valence-electron chi connectivity index (χ3n) is 3.32. The van der Waals surface area contributed by atoms with Gasteiger partial charge in [-0.3, -0.25) is 8.71 Å². The van der Waals surface area contributed by atoms with E-state index < -0.39 is 10.0 Å². The lowest BCUT2D eigenvalue weighted by Gasteiger charge is -2.24. The minimum Gasteiger partial charge on any atom is -0.288 e. The topological polar surface area (TPSA) is 67.6 Å². The lowest BCUT2D eigenvalue weighted by atomic mass is 10.3. The number of rotatable bonds is 5. The van der Waals surface area contributed by atoms with Crippen LogP contribution in [-0.2, 0) is 10.0 Å². The highest BCUT2D eigenvalue weighted by atomic mass is 32.2. The summed E-state index contributed by atoms with van der Waals surface area (Å²) in [6, 6.07) is 12.3. The number of benzene rings is 1. The summed E-state index contributed by atoms with van der Waals surface area (Å²) in [7, 11) is -3.63. The Morgan fingerprint density at radius 1 is 1.14 bits per heavy atom. The Hall–Kier alpha value is -2.41. The molecule has 2 aromatic heterocycles. The van der Waals surface area contributed by atoms with E-state index in [0.717, 1.165) is 6.42 Å². The lowest BCUT2D eigenvalue weighted by Crippen LogP contribution is -2.31. The molecular formula is C15H16N4O2S. The second-order valence-electron chi connectivity index (χ2n) is 4.87. The molecule has 1 aromatic carbocycles. The van der Waals surface area contributed by atoms with E-state index in [9.17, 15) is 8.42 Å². The number of nitrogens with zero attached hydrogens (tertiary/aromatic N) is 4. The van der Waals surface area contributed by atoms with E-state index in [0.29, 0.717) is 17.9 Å². The third kappa shape index (κ3) is 2.55. The SMILES string of the molecule is CCCN(c1ccccc1)S(=O)(=O)c1ccc2nncn2c1. The zero-order valence-electron chi connectivity index (χ0n) is 12.1. The van der Waals surface area contributed by atoms with Crippen LogP contribution in [0.15, 0.2) is 59.9 Å². The first-order valence-electron chi connectivity index (χ1n) is 7.00. The molecule has 0 saturated heterocycles. The van der Waals surface area contributed by atoms with E-state index in [-0.39, 0.29) is 4.90 Å². The van der Waals surface area contributed by atoms with Gasteiger partial charge >= 0.3 is 0 Å². The molecular weight excluding hydrogens is 300 g/mol. The van der Waals surface area contributed by atoms with E-state index in [1.54, 1.807) is 28.7 Å². The van der Waals surface area contributed by atoms with Crippen LogP contribution in [0.2, 0.25) is 0 Å². The zero-order valence-corrected chi connectivity index (χ0v) is 12.9. The Labute approximate surface area is 129 Å². The van der Waals surface area contributed by atoms with Gasteiger partial charge < -0.3 is 0 Å². The highest BCUT2D eigenvalue weighted by Gasteiger charge is 2.24. The fourth-order valence-electron chi connectivity index (χ4n) is 2.27. The lowest BCUT2D eigenvalue weighted by molar-refractivity contribution is 0.589. The van der Waals surface area contributed by atoms with Crippen molar-refractivity contribution in [3.8, 4) is 0 Å². The van der Waals surface area contributed by atoms with E-state index in [4.69, 9.17) is 0 Å². The van der Waals surface area contributed by atoms with Crippen LogP contribution in [-0.4, -0.2) is 29.6 Å². The Kier molecular flexibility index (Phi) is 3.81. The first-order valence-corrected chi connectivity index (χ1v) is 8.44. The molecule has 0 spiro atoms. The number of pyridine rings is 1. The van der Waals surface area contributed by atoms with Crippen LogP contribution in [0.1, 0.15) is 13.3 Å². The van der Waals surface area contributed by atoms with Crippen molar-refractivity contribution in [2.75, 3.05) is 10.8 Å². The zero-order chi connectivity index (χ0) is 15.6. The van der Waals surface area contributed by atoms with Crippen molar-refractivity contribution in [2.24, 2.45) is 0 Å². The van der Waals surface area contributed by atoms with Crippen LogP contribution in [0.25, 0.3) is 5.65 Å². The summed E-state index contributed by atoms with van der Waals surface area (Å²) in [6.07, 6.45) is 3.75. The second-order valence-corrected chi connectivity index (χ2v) is 6.74. The third-order valence-corrected chi connectivity index (χ3v) is 5.13. The number of para-hydroxylation sites is 1. The summed E-state index contributed by atoms with van der Waals surface area (Å²) in [5, 5.41) is 7.65. The van der Waals surface area contributed by atoms with Gasteiger partial charge in [0.2, 0.25) is 0 Å². The van der Waals surface area contributed by atoms with Gasteiger partial charge in [0.25, 0.3) is 10.0 Å². The average Bonchev–Trinajstić information content (AvgIpc) is 3.00. The Balaban J connectivity index is 2.08. The summed E-state index contributed by atoms with van der Waals surface area (Å²) in [5.41, 5.74) is 1.27. The molecule has 7 heteroatoms. The summed E-state index contributed by atoms with van der Waals surface area (Å²) in [6.45, 7) is 2.38. The van der Waals surface area contributed by atoms with E-state index in [1.165, 1.54) is 16.8 Å². The maximum Gasteiger partial charge on any atom is 0.265 e. The predicted molar refractivity (Wildman–Crippen MR) is 84.3 cm³/mol. The van der Waals surface area contributed by atoms with Crippen molar-refractivity contribution in [1.29, 1.82) is 0 Å². The first kappa shape index (κ1) is 14.5. The first-order chi connectivity index (χ1) is 10.6. The maximum atomic E-state index is 13.0. The molecule has 0 aliphatic heterocycles. The van der Waals surface area contributed by atoms with Gasteiger partial charge in [0.1, 0.15) is 11.2 Å². The molecule has 0 fully saturated rings. The van der Waals surface area contributed by atoms with Crippen molar-refractivity contribution < 1.29 is 8.42 Å². The van der Waals surface area contributed by atoms with E-state index in [2.05, 4.69) is 10.2 Å². The average molecular weight is 316 g/mol. The standard InChI is InChI=1S/C15H16N4O2S/c1-2-10-19(13-6-4-3-5-7-13)22(20,21)14-8-9-15-17-16-12-18(15)11-14/h3-9,11-12H,2,10H2,1H3. The number of anilines is 1. The molecule has 0 atom stereocenters. The van der Waals surface area contributed by atoms with Gasteiger partial charge in [0, 0.05) is 12.7 Å². The number of sulfonamides is 1. The van der Waals surface area contributed by atoms with Gasteiger partial charge in [-0.05, 0) is 30.7 Å². The van der Waals surface area contributed by atoms with Gasteiger partial charge in [-0.15, -0.1) is 10.2 Å². The minimum absolute atomic E-state index is 0.220. The Morgan fingerprint density at radius 3 is 2.64 bits per heavy atom. The van der Waals surface area contributed by atoms with Crippen LogP contribution in [0.3, 0.4) is 0 Å². The molecule has 0 unspecified atom stereocenters. The minimum atomic E-state index is -3.63. The van der Waals surface area contributed by atoms with Crippen molar-refractivity contribution in [1.82, 2.24) is 14.6 Å². The van der Waals surface area contributed by atoms with Crippen molar-refractivity contribution in [2.45, 2.75) is 18.2 Å². The molecule has 22 heavy (non-hydrogen) atoms. The summed E-state index contributed by atoms with van der Waals surface area (Å²) in [4.78, 5) is 0.220. The van der Waals surface area contributed by atoms with Gasteiger partial charge in [-0.25, -0.2) is 8.42 Å². The number of hydrogen-bond acceptors (Lipinski definition) is 4. The molecule has 6 nitrogen and oxygen atoms in total. The second kappa shape index (κ2) is 5.76. The Bertz CT molecular complexity index is 875. The smallest absolute Gasteiger partial charge is 0.265 e. The number of fused-ring (bicyclic) bond motifs is 1. The normalized spacial score (nSPS) is 11.7. The molecule has 3 rings (SSSR count). The summed E-state index contributed by atoms with van der Waals surface area (Å²) >= 11 is 0. The molecule has 0 N–H and O–H groups in total. The van der Waals surface area contributed by atoms with Gasteiger partial charge in [0.15, 0.2) is 5.65 Å². The van der Waals surface area contributed by atoms with Crippen LogP contribution in [0.4, 0.5) is 5.69 Å². The van der Waals surface area contributed by atoms with Gasteiger partial charge in [0.05, 0.1) is 5.69 Å². The molecule has 114 valence electrons. The molecule has 3 aromatic rings. The molecule has 0 aliphatic carbocycles. The fourth-order valence-corrected chi connectivity index (χ4v) is 3.84. The van der Waals surface area contributed by atoms with Crippen LogP contribution in [0, 0.1) is 0 Å². The Morgan fingerprint density at radius 2 is 1.91 bits per heavy atom. The van der Waals surface area contributed by atoms with Crippen molar-refractivity contribution >= 4 is 21.4 Å². The molecule has 2 heterocycles.